The van der Waals surface area contributed by atoms with E-state index < -0.39 is 0 Å². The van der Waals surface area contributed by atoms with Gasteiger partial charge in [-0.1, -0.05) is 27.2 Å². The van der Waals surface area contributed by atoms with E-state index in [2.05, 4.69) is 44.9 Å². The highest BCUT2D eigenvalue weighted by atomic mass is 32.1. The normalized spacial score (nSPS) is 16.8. The van der Waals surface area contributed by atoms with Crippen molar-refractivity contribution < 1.29 is 0 Å². The molecule has 0 saturated heterocycles. The monoisotopic (exact) mass is 254 g/mol. The van der Waals surface area contributed by atoms with Crippen LogP contribution in [0.15, 0.2) is 6.20 Å². The second-order valence-corrected chi connectivity index (χ2v) is 6.32. The van der Waals surface area contributed by atoms with Crippen LogP contribution >= 0.6 is 11.3 Å². The molecule has 0 spiro atoms. The summed E-state index contributed by atoms with van der Waals surface area (Å²) in [5.74, 6) is 0.803. The Labute approximate surface area is 110 Å². The molecule has 2 nitrogen and oxygen atoms in total. The van der Waals surface area contributed by atoms with Gasteiger partial charge in [0.15, 0.2) is 0 Å². The zero-order valence-electron chi connectivity index (χ0n) is 11.8. The van der Waals surface area contributed by atoms with Gasteiger partial charge in [0.05, 0.1) is 6.04 Å². The third-order valence-corrected chi connectivity index (χ3v) is 4.47. The third kappa shape index (κ3) is 4.76. The molecule has 0 saturated carbocycles. The molecule has 0 bridgehead atoms. The number of hydrogen-bond acceptors (Lipinski definition) is 3. The van der Waals surface area contributed by atoms with Crippen LogP contribution in [-0.2, 0) is 0 Å². The Morgan fingerprint density at radius 2 is 2.00 bits per heavy atom. The maximum absolute atomic E-state index is 4.46. The van der Waals surface area contributed by atoms with Crippen LogP contribution in [0.25, 0.3) is 0 Å². The lowest BCUT2D eigenvalue weighted by atomic mass is 9.97. The molecule has 0 aromatic carbocycles. The highest BCUT2D eigenvalue weighted by molar-refractivity contribution is 7.11. The van der Waals surface area contributed by atoms with Crippen molar-refractivity contribution in [1.82, 2.24) is 10.3 Å². The first-order valence-corrected chi connectivity index (χ1v) is 7.56. The molecule has 98 valence electrons. The van der Waals surface area contributed by atoms with Gasteiger partial charge in [0, 0.05) is 17.1 Å². The summed E-state index contributed by atoms with van der Waals surface area (Å²) < 4.78 is 0. The van der Waals surface area contributed by atoms with E-state index in [-0.39, 0.29) is 0 Å². The molecular formula is C14H26N2S. The van der Waals surface area contributed by atoms with E-state index in [1.165, 1.54) is 29.1 Å². The number of nitrogens with one attached hydrogen (secondary N) is 1. The zero-order chi connectivity index (χ0) is 12.8. The molecule has 3 atom stereocenters. The molecule has 0 radical (unpaired) electrons. The van der Waals surface area contributed by atoms with Crippen molar-refractivity contribution in [2.75, 3.05) is 0 Å². The lowest BCUT2D eigenvalue weighted by Gasteiger charge is -2.23. The van der Waals surface area contributed by atoms with E-state index in [0.29, 0.717) is 12.1 Å². The lowest BCUT2D eigenvalue weighted by molar-refractivity contribution is 0.358. The maximum atomic E-state index is 4.46. The number of hydrogen-bond donors (Lipinski definition) is 1. The Morgan fingerprint density at radius 3 is 2.47 bits per heavy atom. The molecule has 1 aromatic rings. The molecule has 3 heteroatoms. The van der Waals surface area contributed by atoms with E-state index in [9.17, 15) is 0 Å². The number of aromatic nitrogens is 1. The number of thiazole rings is 1. The van der Waals surface area contributed by atoms with Crippen LogP contribution in [0.3, 0.4) is 0 Å². The van der Waals surface area contributed by atoms with Gasteiger partial charge >= 0.3 is 0 Å². The molecular weight excluding hydrogens is 228 g/mol. The molecule has 0 aliphatic carbocycles. The number of nitrogens with zero attached hydrogens (tertiary/aromatic N) is 1. The topological polar surface area (TPSA) is 24.9 Å². The van der Waals surface area contributed by atoms with Gasteiger partial charge in [-0.15, -0.1) is 11.3 Å². The summed E-state index contributed by atoms with van der Waals surface area (Å²) >= 11 is 1.80. The van der Waals surface area contributed by atoms with Gasteiger partial charge in [-0.3, -0.25) is 0 Å². The molecule has 0 aliphatic rings. The summed E-state index contributed by atoms with van der Waals surface area (Å²) in [5, 5.41) is 4.92. The van der Waals surface area contributed by atoms with Crippen molar-refractivity contribution in [3.8, 4) is 0 Å². The Bertz CT molecular complexity index is 322. The maximum Gasteiger partial charge on any atom is 0.109 e. The fraction of sp³-hybridized carbons (Fsp3) is 0.786. The highest BCUT2D eigenvalue weighted by Crippen LogP contribution is 2.21. The van der Waals surface area contributed by atoms with Gasteiger partial charge in [0.1, 0.15) is 5.01 Å². The fourth-order valence-corrected chi connectivity index (χ4v) is 2.79. The van der Waals surface area contributed by atoms with E-state index in [1.807, 2.05) is 6.20 Å². The summed E-state index contributed by atoms with van der Waals surface area (Å²) in [6, 6.07) is 0.992. The minimum absolute atomic E-state index is 0.378. The Balaban J connectivity index is 2.50. The first-order chi connectivity index (χ1) is 8.06. The van der Waals surface area contributed by atoms with Crippen LogP contribution in [0.4, 0.5) is 0 Å². The van der Waals surface area contributed by atoms with Crippen molar-refractivity contribution in [2.45, 2.75) is 66.0 Å². The number of aryl methyl sites for hydroxylation is 1. The van der Waals surface area contributed by atoms with Crippen LogP contribution in [0.2, 0.25) is 0 Å². The standard InChI is InChI=1S/C14H26N2S/c1-6-10(3)8-13(7-2)16-12(5)14-15-9-11(4)17-14/h9-10,12-13,16H,6-8H2,1-5H3. The van der Waals surface area contributed by atoms with Crippen LogP contribution in [0, 0.1) is 12.8 Å². The van der Waals surface area contributed by atoms with E-state index in [0.717, 1.165) is 5.92 Å². The zero-order valence-corrected chi connectivity index (χ0v) is 12.6. The summed E-state index contributed by atoms with van der Waals surface area (Å²) in [4.78, 5) is 5.75. The summed E-state index contributed by atoms with van der Waals surface area (Å²) in [6.45, 7) is 11.2. The molecule has 1 heterocycles. The summed E-state index contributed by atoms with van der Waals surface area (Å²) in [7, 11) is 0. The molecule has 17 heavy (non-hydrogen) atoms. The molecule has 3 unspecified atom stereocenters. The first kappa shape index (κ1) is 14.7. The molecule has 1 rings (SSSR count). The van der Waals surface area contributed by atoms with Crippen LogP contribution in [-0.4, -0.2) is 11.0 Å². The van der Waals surface area contributed by atoms with Crippen LogP contribution in [0.1, 0.15) is 62.9 Å². The fourth-order valence-electron chi connectivity index (χ4n) is 2.00. The molecule has 0 fully saturated rings. The summed E-state index contributed by atoms with van der Waals surface area (Å²) in [6.07, 6.45) is 5.69. The number of rotatable bonds is 7. The SMILES string of the molecule is CCC(C)CC(CC)NC(C)c1ncc(C)s1. The van der Waals surface area contributed by atoms with E-state index in [1.54, 1.807) is 11.3 Å². The lowest BCUT2D eigenvalue weighted by Crippen LogP contribution is -2.32. The van der Waals surface area contributed by atoms with E-state index >= 15 is 0 Å². The van der Waals surface area contributed by atoms with E-state index in [4.69, 9.17) is 0 Å². The van der Waals surface area contributed by atoms with Gasteiger partial charge in [-0.25, -0.2) is 4.98 Å². The second-order valence-electron chi connectivity index (χ2n) is 5.05. The highest BCUT2D eigenvalue weighted by Gasteiger charge is 2.16. The van der Waals surface area contributed by atoms with Gasteiger partial charge in [0.25, 0.3) is 0 Å². The van der Waals surface area contributed by atoms with Crippen molar-refractivity contribution in [1.29, 1.82) is 0 Å². The average molecular weight is 254 g/mol. The van der Waals surface area contributed by atoms with Crippen molar-refractivity contribution in [2.24, 2.45) is 5.92 Å². The first-order valence-electron chi connectivity index (χ1n) is 6.75. The van der Waals surface area contributed by atoms with Gasteiger partial charge in [-0.05, 0) is 32.6 Å². The molecule has 0 aliphatic heterocycles. The smallest absolute Gasteiger partial charge is 0.109 e. The Morgan fingerprint density at radius 1 is 1.29 bits per heavy atom. The predicted molar refractivity (Wildman–Crippen MR) is 76.6 cm³/mol. The van der Waals surface area contributed by atoms with Crippen LogP contribution in [0.5, 0.6) is 0 Å². The Kier molecular flexibility index (Phi) is 6.14. The molecule has 1 aromatic heterocycles. The largest absolute Gasteiger partial charge is 0.305 e. The van der Waals surface area contributed by atoms with Crippen LogP contribution < -0.4 is 5.32 Å². The third-order valence-electron chi connectivity index (χ3n) is 3.37. The van der Waals surface area contributed by atoms with Crippen molar-refractivity contribution in [3.05, 3.63) is 16.1 Å². The quantitative estimate of drug-likeness (QED) is 0.784. The Hall–Kier alpha value is -0.410. The van der Waals surface area contributed by atoms with Gasteiger partial charge < -0.3 is 5.32 Å². The van der Waals surface area contributed by atoms with Gasteiger partial charge in [-0.2, -0.15) is 0 Å². The van der Waals surface area contributed by atoms with Crippen molar-refractivity contribution >= 4 is 11.3 Å². The average Bonchev–Trinajstić information content (AvgIpc) is 2.74. The second kappa shape index (κ2) is 7.12. The predicted octanol–water partition coefficient (Wildman–Crippen LogP) is 4.32. The van der Waals surface area contributed by atoms with Crippen molar-refractivity contribution in [3.63, 3.8) is 0 Å². The molecule has 1 N–H and O–H groups in total. The van der Waals surface area contributed by atoms with Gasteiger partial charge in [0.2, 0.25) is 0 Å². The molecule has 0 amide bonds. The minimum atomic E-state index is 0.378. The minimum Gasteiger partial charge on any atom is -0.305 e. The summed E-state index contributed by atoms with van der Waals surface area (Å²) in [5.41, 5.74) is 0.